The van der Waals surface area contributed by atoms with Gasteiger partial charge in [-0.1, -0.05) is 25.5 Å². The lowest BCUT2D eigenvalue weighted by Crippen LogP contribution is -2.16. The fraction of sp³-hybridized carbons (Fsp3) is 0.500. The van der Waals surface area contributed by atoms with E-state index in [4.69, 9.17) is 19.3 Å². The van der Waals surface area contributed by atoms with Gasteiger partial charge in [0, 0.05) is 0 Å². The van der Waals surface area contributed by atoms with Crippen LogP contribution in [0.1, 0.15) is 40.5 Å². The van der Waals surface area contributed by atoms with Gasteiger partial charge in [0.05, 0.1) is 37.6 Å². The zero-order chi connectivity index (χ0) is 16.2. The summed E-state index contributed by atoms with van der Waals surface area (Å²) in [6, 6.07) is 6.37. The van der Waals surface area contributed by atoms with Crippen LogP contribution in [0, 0.1) is 0 Å². The Kier molecular flexibility index (Phi) is 8.86. The van der Waals surface area contributed by atoms with Crippen LogP contribution < -0.4 is 0 Å². The fourth-order valence-corrected chi connectivity index (χ4v) is 1.66. The van der Waals surface area contributed by atoms with Gasteiger partial charge in [0.1, 0.15) is 6.61 Å². The number of carbonyl (C=O) groups excluding carboxylic acids is 2. The maximum absolute atomic E-state index is 12.0. The number of aliphatic hydroxyl groups excluding tert-OH is 1. The second-order valence-corrected chi connectivity index (χ2v) is 4.51. The number of esters is 2. The second kappa shape index (κ2) is 10.8. The van der Waals surface area contributed by atoms with Gasteiger partial charge < -0.3 is 19.3 Å². The van der Waals surface area contributed by atoms with Gasteiger partial charge in [0.2, 0.25) is 0 Å². The molecule has 0 heterocycles. The summed E-state index contributed by atoms with van der Waals surface area (Å²) in [5, 5.41) is 8.55. The van der Waals surface area contributed by atoms with Crippen molar-refractivity contribution in [2.45, 2.75) is 19.8 Å². The summed E-state index contributed by atoms with van der Waals surface area (Å²) in [7, 11) is 0. The van der Waals surface area contributed by atoms with Gasteiger partial charge in [-0.15, -0.1) is 0 Å². The van der Waals surface area contributed by atoms with E-state index in [-0.39, 0.29) is 37.6 Å². The lowest BCUT2D eigenvalue weighted by Gasteiger charge is -2.09. The van der Waals surface area contributed by atoms with Crippen LogP contribution in [0.5, 0.6) is 0 Å². The van der Waals surface area contributed by atoms with Crippen LogP contribution in [-0.4, -0.2) is 50.1 Å². The number of carbonyl (C=O) groups is 2. The molecule has 0 saturated heterocycles. The van der Waals surface area contributed by atoms with E-state index in [0.29, 0.717) is 6.61 Å². The highest BCUT2D eigenvalue weighted by Gasteiger charge is 2.18. The molecule has 0 amide bonds. The Hall–Kier alpha value is -1.92. The molecule has 0 saturated carbocycles. The lowest BCUT2D eigenvalue weighted by molar-refractivity contribution is 0.0252. The largest absolute Gasteiger partial charge is 0.462 e. The van der Waals surface area contributed by atoms with Crippen molar-refractivity contribution < 1.29 is 28.9 Å². The number of benzene rings is 1. The molecular formula is C16H22O6. The van der Waals surface area contributed by atoms with Crippen LogP contribution in [0.25, 0.3) is 0 Å². The number of hydrogen-bond acceptors (Lipinski definition) is 6. The molecule has 0 radical (unpaired) electrons. The number of rotatable bonds is 10. The monoisotopic (exact) mass is 310 g/mol. The van der Waals surface area contributed by atoms with Crippen LogP contribution in [0.4, 0.5) is 0 Å². The van der Waals surface area contributed by atoms with Gasteiger partial charge in [-0.2, -0.15) is 0 Å². The van der Waals surface area contributed by atoms with Crippen molar-refractivity contribution in [3.8, 4) is 0 Å². The summed E-state index contributed by atoms with van der Waals surface area (Å²) in [5.74, 6) is -1.13. The first-order chi connectivity index (χ1) is 10.7. The molecule has 0 bridgehead atoms. The summed E-state index contributed by atoms with van der Waals surface area (Å²) >= 11 is 0. The van der Waals surface area contributed by atoms with Crippen molar-refractivity contribution in [2.75, 3.05) is 33.0 Å². The maximum Gasteiger partial charge on any atom is 0.339 e. The third-order valence-electron chi connectivity index (χ3n) is 2.79. The molecule has 0 spiro atoms. The van der Waals surface area contributed by atoms with Crippen LogP contribution in [0.15, 0.2) is 24.3 Å². The molecule has 22 heavy (non-hydrogen) atoms. The van der Waals surface area contributed by atoms with Crippen molar-refractivity contribution in [1.82, 2.24) is 0 Å². The van der Waals surface area contributed by atoms with E-state index in [0.717, 1.165) is 12.8 Å². The Labute approximate surface area is 130 Å². The maximum atomic E-state index is 12.0. The Bertz CT molecular complexity index is 471. The second-order valence-electron chi connectivity index (χ2n) is 4.51. The quantitative estimate of drug-likeness (QED) is 0.524. The van der Waals surface area contributed by atoms with Gasteiger partial charge >= 0.3 is 11.9 Å². The summed E-state index contributed by atoms with van der Waals surface area (Å²) in [6.07, 6.45) is 1.70. The van der Waals surface area contributed by atoms with Gasteiger partial charge in [-0.25, -0.2) is 9.59 Å². The van der Waals surface area contributed by atoms with Crippen LogP contribution >= 0.6 is 0 Å². The zero-order valence-electron chi connectivity index (χ0n) is 12.7. The Balaban J connectivity index is 2.58. The highest BCUT2D eigenvalue weighted by Crippen LogP contribution is 2.12. The summed E-state index contributed by atoms with van der Waals surface area (Å²) in [4.78, 5) is 24.0. The Morgan fingerprint density at radius 3 is 2.09 bits per heavy atom. The molecule has 122 valence electrons. The van der Waals surface area contributed by atoms with Gasteiger partial charge in [0.15, 0.2) is 0 Å². The molecule has 0 unspecified atom stereocenters. The number of ether oxygens (including phenoxy) is 3. The van der Waals surface area contributed by atoms with Crippen LogP contribution in [-0.2, 0) is 14.2 Å². The molecule has 0 atom stereocenters. The minimum Gasteiger partial charge on any atom is -0.462 e. The zero-order valence-corrected chi connectivity index (χ0v) is 12.7. The van der Waals surface area contributed by atoms with E-state index >= 15 is 0 Å². The van der Waals surface area contributed by atoms with Crippen molar-refractivity contribution in [2.24, 2.45) is 0 Å². The van der Waals surface area contributed by atoms with E-state index in [9.17, 15) is 9.59 Å². The molecule has 0 aliphatic heterocycles. The van der Waals surface area contributed by atoms with E-state index in [1.54, 1.807) is 12.1 Å². The predicted octanol–water partition coefficient (Wildman–Crippen LogP) is 1.81. The first kappa shape index (κ1) is 18.1. The molecule has 0 aliphatic rings. The third kappa shape index (κ3) is 6.24. The average Bonchev–Trinajstić information content (AvgIpc) is 2.54. The molecule has 1 aromatic rings. The molecule has 1 rings (SSSR count). The molecule has 1 aromatic carbocycles. The molecule has 6 nitrogen and oxygen atoms in total. The van der Waals surface area contributed by atoms with Gasteiger partial charge in [-0.05, 0) is 18.6 Å². The van der Waals surface area contributed by atoms with Crippen LogP contribution in [0.2, 0.25) is 0 Å². The topological polar surface area (TPSA) is 82.1 Å². The normalized spacial score (nSPS) is 10.3. The van der Waals surface area contributed by atoms with Crippen LogP contribution in [0.3, 0.4) is 0 Å². The van der Waals surface area contributed by atoms with Crippen molar-refractivity contribution >= 4 is 11.9 Å². The lowest BCUT2D eigenvalue weighted by atomic mass is 10.1. The number of hydrogen-bond donors (Lipinski definition) is 1. The highest BCUT2D eigenvalue weighted by molar-refractivity contribution is 6.03. The minimum absolute atomic E-state index is 0.0536. The molecule has 0 fully saturated rings. The predicted molar refractivity (Wildman–Crippen MR) is 79.8 cm³/mol. The van der Waals surface area contributed by atoms with E-state index in [1.807, 2.05) is 6.92 Å². The first-order valence-corrected chi connectivity index (χ1v) is 7.32. The smallest absolute Gasteiger partial charge is 0.339 e. The van der Waals surface area contributed by atoms with Gasteiger partial charge in [0.25, 0.3) is 0 Å². The molecule has 0 aromatic heterocycles. The minimum atomic E-state index is -0.601. The van der Waals surface area contributed by atoms with Gasteiger partial charge in [-0.3, -0.25) is 0 Å². The van der Waals surface area contributed by atoms with E-state index in [1.165, 1.54) is 12.1 Å². The molecule has 1 N–H and O–H groups in total. The molecule has 6 heteroatoms. The Morgan fingerprint density at radius 2 is 1.55 bits per heavy atom. The first-order valence-electron chi connectivity index (χ1n) is 7.32. The fourth-order valence-electron chi connectivity index (χ4n) is 1.66. The standard InChI is InChI=1S/C16H22O6/c1-2-3-9-21-15(18)13-6-4-5-7-14(13)16(19)22-12-11-20-10-8-17/h4-7,17H,2-3,8-12H2,1H3. The Morgan fingerprint density at radius 1 is 0.955 bits per heavy atom. The summed E-state index contributed by atoms with van der Waals surface area (Å²) in [6.45, 7) is 2.68. The summed E-state index contributed by atoms with van der Waals surface area (Å²) < 4.78 is 15.1. The number of unbranched alkanes of at least 4 members (excludes halogenated alkanes) is 1. The van der Waals surface area contributed by atoms with E-state index in [2.05, 4.69) is 0 Å². The van der Waals surface area contributed by atoms with Crippen molar-refractivity contribution in [1.29, 1.82) is 0 Å². The SMILES string of the molecule is CCCCOC(=O)c1ccccc1C(=O)OCCOCCO. The molecular weight excluding hydrogens is 288 g/mol. The third-order valence-corrected chi connectivity index (χ3v) is 2.79. The number of aliphatic hydroxyl groups is 1. The van der Waals surface area contributed by atoms with Crippen molar-refractivity contribution in [3.05, 3.63) is 35.4 Å². The van der Waals surface area contributed by atoms with E-state index < -0.39 is 11.9 Å². The molecule has 0 aliphatic carbocycles. The highest BCUT2D eigenvalue weighted by atomic mass is 16.6. The summed E-state index contributed by atoms with van der Waals surface area (Å²) in [5.41, 5.74) is 0.367. The van der Waals surface area contributed by atoms with Crippen molar-refractivity contribution in [3.63, 3.8) is 0 Å². The average molecular weight is 310 g/mol.